The molecule has 0 aliphatic carbocycles. The lowest BCUT2D eigenvalue weighted by molar-refractivity contribution is 1.11. The second-order valence-electron chi connectivity index (χ2n) is 3.94. The van der Waals surface area contributed by atoms with Gasteiger partial charge < -0.3 is 10.3 Å². The van der Waals surface area contributed by atoms with Gasteiger partial charge >= 0.3 is 0 Å². The van der Waals surface area contributed by atoms with Gasteiger partial charge in [-0.2, -0.15) is 0 Å². The van der Waals surface area contributed by atoms with Crippen molar-refractivity contribution < 1.29 is 0 Å². The van der Waals surface area contributed by atoms with Crippen molar-refractivity contribution in [2.24, 2.45) is 0 Å². The molecular formula is C13H11N3S2. The van der Waals surface area contributed by atoms with Gasteiger partial charge in [-0.05, 0) is 42.0 Å². The van der Waals surface area contributed by atoms with Crippen LogP contribution >= 0.6 is 23.6 Å². The number of nitrogens with one attached hydrogen (secondary N) is 2. The Labute approximate surface area is 114 Å². The van der Waals surface area contributed by atoms with Crippen LogP contribution in [0.15, 0.2) is 42.7 Å². The Morgan fingerprint density at radius 2 is 2.28 bits per heavy atom. The van der Waals surface area contributed by atoms with Crippen LogP contribution in [0.2, 0.25) is 0 Å². The van der Waals surface area contributed by atoms with E-state index in [2.05, 4.69) is 33.5 Å². The summed E-state index contributed by atoms with van der Waals surface area (Å²) in [6.45, 7) is 0.773. The zero-order chi connectivity index (χ0) is 12.4. The summed E-state index contributed by atoms with van der Waals surface area (Å²) in [6.07, 6.45) is 3.65. The van der Waals surface area contributed by atoms with Crippen LogP contribution in [0, 0.1) is 3.95 Å². The van der Waals surface area contributed by atoms with Crippen LogP contribution in [-0.4, -0.2) is 9.97 Å². The first-order chi connectivity index (χ1) is 8.81. The van der Waals surface area contributed by atoms with Gasteiger partial charge in [-0.1, -0.05) is 6.07 Å². The Morgan fingerprint density at radius 1 is 1.33 bits per heavy atom. The van der Waals surface area contributed by atoms with Crippen molar-refractivity contribution >= 4 is 39.5 Å². The van der Waals surface area contributed by atoms with E-state index in [0.717, 1.165) is 21.7 Å². The Bertz CT molecular complexity index is 716. The maximum atomic E-state index is 5.13. The molecule has 0 fully saturated rings. The molecule has 0 unspecified atom stereocenters. The first-order valence-corrected chi connectivity index (χ1v) is 6.79. The molecule has 0 aliphatic rings. The van der Waals surface area contributed by atoms with E-state index in [-0.39, 0.29) is 0 Å². The molecule has 0 bridgehead atoms. The van der Waals surface area contributed by atoms with Crippen LogP contribution in [0.4, 0.5) is 5.69 Å². The van der Waals surface area contributed by atoms with E-state index in [4.69, 9.17) is 12.2 Å². The molecule has 0 spiro atoms. The Hall–Kier alpha value is -1.72. The minimum absolute atomic E-state index is 0.773. The van der Waals surface area contributed by atoms with Gasteiger partial charge in [0.1, 0.15) is 0 Å². The largest absolute Gasteiger partial charge is 0.381 e. The Kier molecular flexibility index (Phi) is 3.08. The highest BCUT2D eigenvalue weighted by Gasteiger charge is 1.99. The molecule has 5 heteroatoms. The van der Waals surface area contributed by atoms with Crippen LogP contribution in [0.1, 0.15) is 5.56 Å². The monoisotopic (exact) mass is 273 g/mol. The van der Waals surface area contributed by atoms with Crippen molar-refractivity contribution in [3.8, 4) is 0 Å². The second kappa shape index (κ2) is 4.88. The fourth-order valence-corrected chi connectivity index (χ4v) is 2.92. The van der Waals surface area contributed by atoms with Crippen LogP contribution in [0.5, 0.6) is 0 Å². The number of anilines is 1. The average Bonchev–Trinajstić information content (AvgIpc) is 2.77. The summed E-state index contributed by atoms with van der Waals surface area (Å²) in [5, 5.41) is 3.38. The lowest BCUT2D eigenvalue weighted by Gasteiger charge is -2.05. The van der Waals surface area contributed by atoms with E-state index in [1.807, 2.05) is 18.3 Å². The predicted molar refractivity (Wildman–Crippen MR) is 78.6 cm³/mol. The molecule has 0 radical (unpaired) electrons. The number of H-pyrrole nitrogens is 1. The molecule has 2 aromatic heterocycles. The molecule has 0 amide bonds. The first kappa shape index (κ1) is 11.4. The van der Waals surface area contributed by atoms with Crippen molar-refractivity contribution in [2.45, 2.75) is 6.54 Å². The second-order valence-corrected chi connectivity index (χ2v) is 5.66. The van der Waals surface area contributed by atoms with Gasteiger partial charge in [-0.3, -0.25) is 4.98 Å². The van der Waals surface area contributed by atoms with E-state index in [1.165, 1.54) is 10.3 Å². The molecule has 2 N–H and O–H groups in total. The summed E-state index contributed by atoms with van der Waals surface area (Å²) < 4.78 is 1.99. The van der Waals surface area contributed by atoms with Crippen molar-refractivity contribution in [1.29, 1.82) is 0 Å². The van der Waals surface area contributed by atoms with Crippen molar-refractivity contribution in [2.75, 3.05) is 5.32 Å². The summed E-state index contributed by atoms with van der Waals surface area (Å²) in [7, 11) is 0. The van der Waals surface area contributed by atoms with Gasteiger partial charge in [0.15, 0.2) is 3.95 Å². The van der Waals surface area contributed by atoms with E-state index in [1.54, 1.807) is 17.5 Å². The molecule has 0 saturated carbocycles. The van der Waals surface area contributed by atoms with Gasteiger partial charge in [-0.15, -0.1) is 11.3 Å². The van der Waals surface area contributed by atoms with Crippen LogP contribution in [-0.2, 0) is 6.54 Å². The SMILES string of the molecule is S=c1[nH]c2ccc(NCc3cccnc3)cc2s1. The number of pyridine rings is 1. The molecule has 0 saturated heterocycles. The third-order valence-electron chi connectivity index (χ3n) is 2.64. The van der Waals surface area contributed by atoms with Gasteiger partial charge in [-0.25, -0.2) is 0 Å². The molecule has 0 atom stereocenters. The average molecular weight is 273 g/mol. The lowest BCUT2D eigenvalue weighted by atomic mass is 10.2. The smallest absolute Gasteiger partial charge is 0.159 e. The minimum Gasteiger partial charge on any atom is -0.381 e. The number of hydrogen-bond acceptors (Lipinski definition) is 4. The van der Waals surface area contributed by atoms with Crippen molar-refractivity contribution in [3.63, 3.8) is 0 Å². The number of aromatic amines is 1. The normalized spacial score (nSPS) is 10.7. The van der Waals surface area contributed by atoms with E-state index in [0.29, 0.717) is 0 Å². The summed E-state index contributed by atoms with van der Waals surface area (Å²) >= 11 is 6.73. The number of aromatic nitrogens is 2. The molecular weight excluding hydrogens is 262 g/mol. The fraction of sp³-hybridized carbons (Fsp3) is 0.0769. The third-order valence-corrected chi connectivity index (χ3v) is 3.84. The topological polar surface area (TPSA) is 40.7 Å². The van der Waals surface area contributed by atoms with Crippen LogP contribution < -0.4 is 5.32 Å². The van der Waals surface area contributed by atoms with Gasteiger partial charge in [0.25, 0.3) is 0 Å². The summed E-state index contributed by atoms with van der Waals surface area (Å²) in [5.74, 6) is 0. The quantitative estimate of drug-likeness (QED) is 0.709. The zero-order valence-corrected chi connectivity index (χ0v) is 11.1. The number of thiazole rings is 1. The molecule has 3 rings (SSSR count). The molecule has 90 valence electrons. The number of rotatable bonds is 3. The zero-order valence-electron chi connectivity index (χ0n) is 9.51. The Morgan fingerprint density at radius 3 is 3.11 bits per heavy atom. The standard InChI is InChI=1S/C13H11N3S2/c17-13-16-11-4-3-10(6-12(11)18-13)15-8-9-2-1-5-14-7-9/h1-7,15H,8H2,(H,16,17). The number of nitrogens with zero attached hydrogens (tertiary/aromatic N) is 1. The molecule has 3 nitrogen and oxygen atoms in total. The highest BCUT2D eigenvalue weighted by atomic mass is 32.1. The first-order valence-electron chi connectivity index (χ1n) is 5.57. The number of benzene rings is 1. The van der Waals surface area contributed by atoms with Gasteiger partial charge in [0, 0.05) is 24.6 Å². The highest BCUT2D eigenvalue weighted by molar-refractivity contribution is 7.73. The molecule has 0 aliphatic heterocycles. The molecule has 18 heavy (non-hydrogen) atoms. The summed E-state index contributed by atoms with van der Waals surface area (Å²) in [4.78, 5) is 7.25. The Balaban J connectivity index is 1.80. The lowest BCUT2D eigenvalue weighted by Crippen LogP contribution is -1.99. The fourth-order valence-electron chi connectivity index (χ4n) is 1.76. The van der Waals surface area contributed by atoms with E-state index in [9.17, 15) is 0 Å². The molecule has 2 heterocycles. The third kappa shape index (κ3) is 2.42. The van der Waals surface area contributed by atoms with Crippen molar-refractivity contribution in [3.05, 3.63) is 52.2 Å². The van der Waals surface area contributed by atoms with Crippen molar-refractivity contribution in [1.82, 2.24) is 9.97 Å². The van der Waals surface area contributed by atoms with Gasteiger partial charge in [0.2, 0.25) is 0 Å². The van der Waals surface area contributed by atoms with Crippen LogP contribution in [0.25, 0.3) is 10.2 Å². The van der Waals surface area contributed by atoms with Crippen LogP contribution in [0.3, 0.4) is 0 Å². The number of fused-ring (bicyclic) bond motifs is 1. The summed E-state index contributed by atoms with van der Waals surface area (Å²) in [6, 6.07) is 10.2. The predicted octanol–water partition coefficient (Wildman–Crippen LogP) is 3.97. The highest BCUT2D eigenvalue weighted by Crippen LogP contribution is 2.23. The number of hydrogen-bond donors (Lipinski definition) is 2. The van der Waals surface area contributed by atoms with E-state index < -0.39 is 0 Å². The van der Waals surface area contributed by atoms with Gasteiger partial charge in [0.05, 0.1) is 10.2 Å². The minimum atomic E-state index is 0.773. The maximum Gasteiger partial charge on any atom is 0.159 e. The summed E-state index contributed by atoms with van der Waals surface area (Å²) in [5.41, 5.74) is 3.35. The molecule has 3 aromatic rings. The maximum absolute atomic E-state index is 5.13. The van der Waals surface area contributed by atoms with E-state index >= 15 is 0 Å². The molecule has 1 aromatic carbocycles.